The first kappa shape index (κ1) is 24.6. The minimum atomic E-state index is -0.421. The Hall–Kier alpha value is -4.69. The summed E-state index contributed by atoms with van der Waals surface area (Å²) in [5, 5.41) is 9.36. The summed E-state index contributed by atoms with van der Waals surface area (Å²) < 4.78 is 3.50. The van der Waals surface area contributed by atoms with Crippen molar-refractivity contribution in [3.63, 3.8) is 0 Å². The van der Waals surface area contributed by atoms with Gasteiger partial charge in [-0.05, 0) is 55.7 Å². The molecule has 6 aromatic rings. The molecule has 0 N–H and O–H groups in total. The molecule has 0 unspecified atom stereocenters. The minimum absolute atomic E-state index is 0.239. The predicted octanol–water partition coefficient (Wildman–Crippen LogP) is 4.43. The zero-order chi connectivity index (χ0) is 27.1. The van der Waals surface area contributed by atoms with E-state index in [1.54, 1.807) is 0 Å². The highest BCUT2D eigenvalue weighted by molar-refractivity contribution is 7.15. The van der Waals surface area contributed by atoms with E-state index in [9.17, 15) is 9.59 Å². The molecule has 6 rings (SSSR count). The molecule has 0 saturated carbocycles. The molecule has 0 spiro atoms. The van der Waals surface area contributed by atoms with Gasteiger partial charge in [0.05, 0.1) is 10.2 Å². The van der Waals surface area contributed by atoms with Crippen molar-refractivity contribution in [2.24, 2.45) is 0 Å². The SMILES string of the molecule is Cc1cc(C)c(-c2nn(-c3ccccc3)cc2/C=c2\sc3nc(=O)c(Cc4ccccc4)nn3c2=O)c(C)c1. The van der Waals surface area contributed by atoms with Crippen LogP contribution in [0.15, 0.2) is 88.6 Å². The van der Waals surface area contributed by atoms with E-state index >= 15 is 0 Å². The maximum atomic E-state index is 13.5. The number of aromatic nitrogens is 5. The van der Waals surface area contributed by atoms with E-state index in [-0.39, 0.29) is 16.2 Å². The second kappa shape index (κ2) is 9.89. The van der Waals surface area contributed by atoms with Gasteiger partial charge in [-0.2, -0.15) is 19.7 Å². The molecule has 8 heteroatoms. The van der Waals surface area contributed by atoms with Gasteiger partial charge in [0, 0.05) is 23.7 Å². The maximum Gasteiger partial charge on any atom is 0.296 e. The number of thiazole rings is 1. The largest absolute Gasteiger partial charge is 0.296 e. The highest BCUT2D eigenvalue weighted by Gasteiger charge is 2.17. The van der Waals surface area contributed by atoms with Crippen LogP contribution in [0.4, 0.5) is 0 Å². The van der Waals surface area contributed by atoms with E-state index in [2.05, 4.69) is 43.0 Å². The first-order chi connectivity index (χ1) is 18.9. The number of hydrogen-bond donors (Lipinski definition) is 0. The second-order valence-corrected chi connectivity index (χ2v) is 10.6. The van der Waals surface area contributed by atoms with Crippen LogP contribution in [0.2, 0.25) is 0 Å². The molecule has 39 heavy (non-hydrogen) atoms. The first-order valence-electron chi connectivity index (χ1n) is 12.6. The third-order valence-electron chi connectivity index (χ3n) is 6.63. The van der Waals surface area contributed by atoms with Crippen LogP contribution in [0.1, 0.15) is 33.5 Å². The van der Waals surface area contributed by atoms with E-state index in [0.717, 1.165) is 50.5 Å². The molecule has 0 saturated heterocycles. The van der Waals surface area contributed by atoms with Crippen molar-refractivity contribution in [1.29, 1.82) is 0 Å². The topological polar surface area (TPSA) is 82.2 Å². The zero-order valence-corrected chi connectivity index (χ0v) is 22.6. The van der Waals surface area contributed by atoms with Crippen LogP contribution in [0.5, 0.6) is 0 Å². The van der Waals surface area contributed by atoms with Gasteiger partial charge in [0.1, 0.15) is 11.4 Å². The van der Waals surface area contributed by atoms with E-state index in [1.807, 2.05) is 77.6 Å². The predicted molar refractivity (Wildman–Crippen MR) is 155 cm³/mol. The van der Waals surface area contributed by atoms with E-state index in [0.29, 0.717) is 11.0 Å². The van der Waals surface area contributed by atoms with E-state index < -0.39 is 5.56 Å². The van der Waals surface area contributed by atoms with Crippen LogP contribution in [0.3, 0.4) is 0 Å². The highest BCUT2D eigenvalue weighted by atomic mass is 32.1. The fourth-order valence-electron chi connectivity index (χ4n) is 4.94. The molecule has 0 amide bonds. The number of rotatable bonds is 5. The summed E-state index contributed by atoms with van der Waals surface area (Å²) in [6, 6.07) is 23.7. The van der Waals surface area contributed by atoms with Crippen LogP contribution >= 0.6 is 11.3 Å². The van der Waals surface area contributed by atoms with Gasteiger partial charge in [-0.15, -0.1) is 0 Å². The number of fused-ring (bicyclic) bond motifs is 1. The molecule has 3 heterocycles. The smallest absolute Gasteiger partial charge is 0.266 e. The summed E-state index contributed by atoms with van der Waals surface area (Å²) in [5.74, 6) is 0. The molecule has 0 aliphatic carbocycles. The van der Waals surface area contributed by atoms with E-state index in [1.165, 1.54) is 10.1 Å². The molecule has 0 fully saturated rings. The Morgan fingerprint density at radius 1 is 0.872 bits per heavy atom. The molecule has 0 aliphatic heterocycles. The van der Waals surface area contributed by atoms with E-state index in [4.69, 9.17) is 5.10 Å². The van der Waals surface area contributed by atoms with Crippen molar-refractivity contribution in [3.05, 3.63) is 138 Å². The minimum Gasteiger partial charge on any atom is -0.266 e. The Bertz CT molecular complexity index is 1990. The number of para-hydroxylation sites is 1. The maximum absolute atomic E-state index is 13.5. The number of aryl methyl sites for hydroxylation is 3. The van der Waals surface area contributed by atoms with Gasteiger partial charge in [-0.1, -0.05) is 77.6 Å². The Balaban J connectivity index is 1.53. The average molecular weight is 532 g/mol. The van der Waals surface area contributed by atoms with Crippen molar-refractivity contribution in [2.75, 3.05) is 0 Å². The van der Waals surface area contributed by atoms with Crippen molar-refractivity contribution in [3.8, 4) is 16.9 Å². The molecule has 192 valence electrons. The van der Waals surface area contributed by atoms with Crippen molar-refractivity contribution < 1.29 is 0 Å². The monoisotopic (exact) mass is 531 g/mol. The Morgan fingerprint density at radius 3 is 2.23 bits per heavy atom. The van der Waals surface area contributed by atoms with Crippen LogP contribution in [0, 0.1) is 20.8 Å². The van der Waals surface area contributed by atoms with Gasteiger partial charge < -0.3 is 0 Å². The van der Waals surface area contributed by atoms with Gasteiger partial charge in [0.25, 0.3) is 11.1 Å². The number of hydrogen-bond acceptors (Lipinski definition) is 6. The lowest BCUT2D eigenvalue weighted by Gasteiger charge is -2.10. The fraction of sp³-hybridized carbons (Fsp3) is 0.129. The lowest BCUT2D eigenvalue weighted by molar-refractivity contribution is 0.811. The Labute approximate surface area is 228 Å². The number of benzene rings is 3. The molecule has 3 aromatic carbocycles. The lowest BCUT2D eigenvalue weighted by atomic mass is 9.95. The molecule has 0 bridgehead atoms. The van der Waals surface area contributed by atoms with Gasteiger partial charge >= 0.3 is 0 Å². The van der Waals surface area contributed by atoms with Crippen LogP contribution in [-0.2, 0) is 6.42 Å². The standard InChI is InChI=1S/C31H25N5O2S/c1-19-14-20(2)27(21(3)15-19)28-23(18-35(34-28)24-12-8-5-9-13-24)17-26-30(38)36-31(39-26)32-29(37)25(33-36)16-22-10-6-4-7-11-22/h4-15,17-18H,16H2,1-3H3/b26-17-. The molecule has 0 aliphatic rings. The summed E-state index contributed by atoms with van der Waals surface area (Å²) >= 11 is 1.15. The Kier molecular flexibility index (Phi) is 6.24. The van der Waals surface area contributed by atoms with Crippen LogP contribution in [0.25, 0.3) is 28.0 Å². The van der Waals surface area contributed by atoms with Crippen LogP contribution in [-0.4, -0.2) is 24.4 Å². The van der Waals surface area contributed by atoms with Gasteiger partial charge in [-0.3, -0.25) is 9.59 Å². The van der Waals surface area contributed by atoms with Gasteiger partial charge in [-0.25, -0.2) is 4.68 Å². The normalized spacial score (nSPS) is 11.9. The van der Waals surface area contributed by atoms with Crippen molar-refractivity contribution in [2.45, 2.75) is 27.2 Å². The molecule has 7 nitrogen and oxygen atoms in total. The molecule has 0 atom stereocenters. The third kappa shape index (κ3) is 4.70. The summed E-state index contributed by atoms with van der Waals surface area (Å²) in [6.07, 6.45) is 4.06. The van der Waals surface area contributed by atoms with Gasteiger partial charge in [0.2, 0.25) is 4.96 Å². The summed E-state index contributed by atoms with van der Waals surface area (Å²) in [6.45, 7) is 6.23. The highest BCUT2D eigenvalue weighted by Crippen LogP contribution is 2.31. The molecular formula is C31H25N5O2S. The number of nitrogens with zero attached hydrogens (tertiary/aromatic N) is 5. The molecule has 3 aromatic heterocycles. The fourth-order valence-corrected chi connectivity index (χ4v) is 5.83. The third-order valence-corrected chi connectivity index (χ3v) is 7.59. The lowest BCUT2D eigenvalue weighted by Crippen LogP contribution is -2.28. The zero-order valence-electron chi connectivity index (χ0n) is 21.8. The first-order valence-corrected chi connectivity index (χ1v) is 13.4. The Morgan fingerprint density at radius 2 is 1.54 bits per heavy atom. The molecular weight excluding hydrogens is 506 g/mol. The summed E-state index contributed by atoms with van der Waals surface area (Å²) in [4.78, 5) is 30.6. The van der Waals surface area contributed by atoms with Crippen LogP contribution < -0.4 is 15.7 Å². The average Bonchev–Trinajstić information content (AvgIpc) is 3.46. The molecule has 0 radical (unpaired) electrons. The summed E-state index contributed by atoms with van der Waals surface area (Å²) in [7, 11) is 0. The van der Waals surface area contributed by atoms with Crippen molar-refractivity contribution in [1.82, 2.24) is 24.4 Å². The van der Waals surface area contributed by atoms with Crippen molar-refractivity contribution >= 4 is 22.4 Å². The van der Waals surface area contributed by atoms with Gasteiger partial charge in [0.15, 0.2) is 0 Å². The quantitative estimate of drug-likeness (QED) is 0.329. The summed E-state index contributed by atoms with van der Waals surface area (Å²) in [5.41, 5.74) is 7.37. The second-order valence-electron chi connectivity index (χ2n) is 9.62.